The van der Waals surface area contributed by atoms with E-state index in [0.29, 0.717) is 19.5 Å². The van der Waals surface area contributed by atoms with E-state index in [2.05, 4.69) is 24.3 Å². The molecule has 3 rings (SSSR count). The van der Waals surface area contributed by atoms with Gasteiger partial charge >= 0.3 is 6.36 Å². The molecule has 0 saturated heterocycles. The summed E-state index contributed by atoms with van der Waals surface area (Å²) in [7, 11) is -3.97. The molecule has 0 aliphatic carbocycles. The van der Waals surface area contributed by atoms with Crippen LogP contribution in [0.4, 0.5) is 13.2 Å². The lowest BCUT2D eigenvalue weighted by Gasteiger charge is -2.10. The van der Waals surface area contributed by atoms with Crippen molar-refractivity contribution >= 4 is 27.0 Å². The van der Waals surface area contributed by atoms with Gasteiger partial charge in [-0.3, -0.25) is 4.79 Å². The predicted octanol–water partition coefficient (Wildman–Crippen LogP) is 3.12. The van der Waals surface area contributed by atoms with Crippen molar-refractivity contribution in [2.24, 2.45) is 0 Å². The van der Waals surface area contributed by atoms with E-state index >= 15 is 0 Å². The summed E-state index contributed by atoms with van der Waals surface area (Å²) in [6, 6.07) is 11.6. The SMILES string of the molecule is Cc1nc2ccccc2n1CCCNC(=O)CCNS(=O)(=O)c1ccc(OC(F)(F)F)cc1. The van der Waals surface area contributed by atoms with Gasteiger partial charge in [0.1, 0.15) is 11.6 Å². The number of benzene rings is 2. The van der Waals surface area contributed by atoms with E-state index in [4.69, 9.17) is 0 Å². The highest BCUT2D eigenvalue weighted by Crippen LogP contribution is 2.23. The molecule has 1 aromatic heterocycles. The fourth-order valence-corrected chi connectivity index (χ4v) is 4.27. The van der Waals surface area contributed by atoms with Crippen molar-refractivity contribution in [2.75, 3.05) is 13.1 Å². The lowest BCUT2D eigenvalue weighted by molar-refractivity contribution is -0.274. The third kappa shape index (κ3) is 6.93. The van der Waals surface area contributed by atoms with E-state index in [1.54, 1.807) is 0 Å². The van der Waals surface area contributed by atoms with Gasteiger partial charge in [-0.1, -0.05) is 12.1 Å². The van der Waals surface area contributed by atoms with Gasteiger partial charge in [0.25, 0.3) is 0 Å². The van der Waals surface area contributed by atoms with E-state index in [9.17, 15) is 26.4 Å². The number of para-hydroxylation sites is 2. The summed E-state index contributed by atoms with van der Waals surface area (Å²) in [5.41, 5.74) is 1.93. The first-order chi connectivity index (χ1) is 15.5. The van der Waals surface area contributed by atoms with E-state index in [1.165, 1.54) is 0 Å². The quantitative estimate of drug-likeness (QED) is 0.431. The molecule has 2 aromatic carbocycles. The van der Waals surface area contributed by atoms with Crippen LogP contribution in [0.25, 0.3) is 11.0 Å². The van der Waals surface area contributed by atoms with Gasteiger partial charge in [-0.05, 0) is 49.7 Å². The second kappa shape index (κ2) is 10.2. The number of imidazole rings is 1. The number of carbonyl (C=O) groups excluding carboxylic acids is 1. The van der Waals surface area contributed by atoms with Crippen LogP contribution in [-0.4, -0.2) is 43.3 Å². The van der Waals surface area contributed by atoms with E-state index < -0.39 is 22.1 Å². The molecular weight excluding hydrogens is 461 g/mol. The number of alkyl halides is 3. The Balaban J connectivity index is 1.40. The molecule has 2 N–H and O–H groups in total. The zero-order chi connectivity index (χ0) is 24.1. The van der Waals surface area contributed by atoms with Crippen LogP contribution < -0.4 is 14.8 Å². The molecule has 8 nitrogen and oxygen atoms in total. The van der Waals surface area contributed by atoms with Crippen LogP contribution in [0.5, 0.6) is 5.75 Å². The van der Waals surface area contributed by atoms with Crippen LogP contribution in [-0.2, 0) is 21.4 Å². The monoisotopic (exact) mass is 484 g/mol. The summed E-state index contributed by atoms with van der Waals surface area (Å²) in [6.07, 6.45) is -4.27. The maximum Gasteiger partial charge on any atom is 0.573 e. The average Bonchev–Trinajstić information content (AvgIpc) is 3.05. The van der Waals surface area contributed by atoms with Gasteiger partial charge in [-0.15, -0.1) is 13.2 Å². The Morgan fingerprint density at radius 1 is 1.09 bits per heavy atom. The zero-order valence-corrected chi connectivity index (χ0v) is 18.5. The first-order valence-corrected chi connectivity index (χ1v) is 11.6. The molecule has 0 aliphatic rings. The second-order valence-electron chi connectivity index (χ2n) is 7.17. The van der Waals surface area contributed by atoms with Gasteiger partial charge in [-0.25, -0.2) is 18.1 Å². The molecule has 3 aromatic rings. The number of hydrogen-bond donors (Lipinski definition) is 2. The molecule has 178 valence electrons. The van der Waals surface area contributed by atoms with Crippen molar-refractivity contribution < 1.29 is 31.1 Å². The molecule has 0 spiro atoms. The number of fused-ring (bicyclic) bond motifs is 1. The van der Waals surface area contributed by atoms with Crippen LogP contribution in [0.3, 0.4) is 0 Å². The van der Waals surface area contributed by atoms with Crippen LogP contribution in [0.15, 0.2) is 53.4 Å². The molecule has 12 heteroatoms. The lowest BCUT2D eigenvalue weighted by atomic mass is 10.3. The van der Waals surface area contributed by atoms with E-state index in [0.717, 1.165) is 41.1 Å². The Kier molecular flexibility index (Phi) is 7.59. The van der Waals surface area contributed by atoms with Crippen molar-refractivity contribution in [2.45, 2.75) is 37.6 Å². The number of sulfonamides is 1. The van der Waals surface area contributed by atoms with Crippen molar-refractivity contribution in [1.82, 2.24) is 19.6 Å². The molecule has 0 atom stereocenters. The van der Waals surface area contributed by atoms with Gasteiger partial charge < -0.3 is 14.6 Å². The Morgan fingerprint density at radius 3 is 2.48 bits per heavy atom. The van der Waals surface area contributed by atoms with E-state index in [1.807, 2.05) is 31.2 Å². The highest BCUT2D eigenvalue weighted by Gasteiger charge is 2.31. The summed E-state index contributed by atoms with van der Waals surface area (Å²) >= 11 is 0. The summed E-state index contributed by atoms with van der Waals surface area (Å²) < 4.78 is 69.0. The first-order valence-electron chi connectivity index (χ1n) is 10.1. The summed E-state index contributed by atoms with van der Waals surface area (Å²) in [5.74, 6) is 0.0356. The number of aryl methyl sites for hydroxylation is 2. The number of amides is 1. The number of ether oxygens (including phenoxy) is 1. The highest BCUT2D eigenvalue weighted by molar-refractivity contribution is 7.89. The van der Waals surface area contributed by atoms with Gasteiger partial charge in [0.2, 0.25) is 15.9 Å². The molecule has 33 heavy (non-hydrogen) atoms. The van der Waals surface area contributed by atoms with Crippen LogP contribution in [0, 0.1) is 6.92 Å². The van der Waals surface area contributed by atoms with Crippen molar-refractivity contribution in [3.63, 3.8) is 0 Å². The molecule has 1 amide bonds. The molecule has 0 bridgehead atoms. The van der Waals surface area contributed by atoms with Crippen molar-refractivity contribution in [3.05, 3.63) is 54.4 Å². The minimum atomic E-state index is -4.86. The van der Waals surface area contributed by atoms with Gasteiger partial charge in [-0.2, -0.15) is 0 Å². The van der Waals surface area contributed by atoms with Crippen molar-refractivity contribution in [3.8, 4) is 5.75 Å². The molecular formula is C21H23F3N4O4S. The molecule has 0 saturated carbocycles. The second-order valence-corrected chi connectivity index (χ2v) is 8.94. The topological polar surface area (TPSA) is 102 Å². The Bertz CT molecular complexity index is 1210. The summed E-state index contributed by atoms with van der Waals surface area (Å²) in [5, 5.41) is 2.74. The number of hydrogen-bond acceptors (Lipinski definition) is 5. The molecule has 1 heterocycles. The Morgan fingerprint density at radius 2 is 1.79 bits per heavy atom. The zero-order valence-electron chi connectivity index (χ0n) is 17.7. The highest BCUT2D eigenvalue weighted by atomic mass is 32.2. The number of nitrogens with one attached hydrogen (secondary N) is 2. The molecule has 0 fully saturated rings. The van der Waals surface area contributed by atoms with Gasteiger partial charge in [0, 0.05) is 26.1 Å². The van der Waals surface area contributed by atoms with Crippen LogP contribution >= 0.6 is 0 Å². The average molecular weight is 484 g/mol. The predicted molar refractivity (Wildman–Crippen MR) is 115 cm³/mol. The molecule has 0 aliphatic heterocycles. The largest absolute Gasteiger partial charge is 0.573 e. The fourth-order valence-electron chi connectivity index (χ4n) is 3.23. The summed E-state index contributed by atoms with van der Waals surface area (Å²) in [4.78, 5) is 16.2. The fraction of sp³-hybridized carbons (Fsp3) is 0.333. The Hall–Kier alpha value is -3.12. The minimum Gasteiger partial charge on any atom is -0.406 e. The van der Waals surface area contributed by atoms with Crippen molar-refractivity contribution in [1.29, 1.82) is 0 Å². The van der Waals surface area contributed by atoms with Gasteiger partial charge in [0.15, 0.2) is 0 Å². The summed E-state index contributed by atoms with van der Waals surface area (Å²) in [6.45, 7) is 2.85. The van der Waals surface area contributed by atoms with Gasteiger partial charge in [0.05, 0.1) is 15.9 Å². The van der Waals surface area contributed by atoms with Crippen LogP contribution in [0.1, 0.15) is 18.7 Å². The smallest absolute Gasteiger partial charge is 0.406 e. The maximum absolute atomic E-state index is 12.2. The normalized spacial score (nSPS) is 12.1. The Labute approximate surface area is 188 Å². The molecule has 0 radical (unpaired) electrons. The lowest BCUT2D eigenvalue weighted by Crippen LogP contribution is -2.31. The third-order valence-electron chi connectivity index (χ3n) is 4.74. The van der Waals surface area contributed by atoms with E-state index in [-0.39, 0.29) is 23.8 Å². The van der Waals surface area contributed by atoms with Crippen LogP contribution in [0.2, 0.25) is 0 Å². The minimum absolute atomic E-state index is 0.0818. The molecule has 0 unspecified atom stereocenters. The number of rotatable bonds is 10. The maximum atomic E-state index is 12.2. The standard InChI is InChI=1S/C21H23F3N4O4S/c1-15-27-18-5-2-3-6-19(18)28(15)14-4-12-25-20(29)11-13-26-33(30,31)17-9-7-16(8-10-17)32-21(22,23)24/h2-3,5-10,26H,4,11-14H2,1H3,(H,25,29). The number of nitrogens with zero attached hydrogens (tertiary/aromatic N) is 2. The third-order valence-corrected chi connectivity index (χ3v) is 6.21. The number of halogens is 3. The number of carbonyl (C=O) groups is 1. The first kappa shape index (κ1) is 24.5. The number of aromatic nitrogens is 2.